The van der Waals surface area contributed by atoms with Gasteiger partial charge in [-0.3, -0.25) is 0 Å². The van der Waals surface area contributed by atoms with Gasteiger partial charge in [-0.15, -0.1) is 0 Å². The van der Waals surface area contributed by atoms with Crippen LogP contribution in [0.1, 0.15) is 5.56 Å². The number of amidine groups is 1. The van der Waals surface area contributed by atoms with Crippen LogP contribution in [-0.2, 0) is 16.4 Å². The van der Waals surface area contributed by atoms with E-state index in [0.717, 1.165) is 10.9 Å². The van der Waals surface area contributed by atoms with Gasteiger partial charge in [0.25, 0.3) is 0 Å². The highest BCUT2D eigenvalue weighted by atomic mass is 32.2. The number of aromatic nitrogens is 1. The fourth-order valence-electron chi connectivity index (χ4n) is 1.86. The first-order valence-electron chi connectivity index (χ1n) is 5.65. The average Bonchev–Trinajstić information content (AvgIpc) is 2.76. The first-order chi connectivity index (χ1) is 8.90. The van der Waals surface area contributed by atoms with Crippen molar-refractivity contribution in [2.24, 2.45) is 10.9 Å². The zero-order chi connectivity index (χ0) is 14.0. The first kappa shape index (κ1) is 13.4. The lowest BCUT2D eigenvalue weighted by atomic mass is 10.1. The SMILES string of the molecule is CS(=O)(=O)CCn1ccc2ccc(/C(N)=N/O)cc21. The van der Waals surface area contributed by atoms with Crippen LogP contribution in [0.25, 0.3) is 10.9 Å². The Morgan fingerprint density at radius 2 is 2.16 bits per heavy atom. The van der Waals surface area contributed by atoms with E-state index in [2.05, 4.69) is 5.16 Å². The van der Waals surface area contributed by atoms with Crippen molar-refractivity contribution in [3.63, 3.8) is 0 Å². The summed E-state index contributed by atoms with van der Waals surface area (Å²) in [6, 6.07) is 7.26. The molecular weight excluding hydrogens is 266 g/mol. The van der Waals surface area contributed by atoms with Crippen LogP contribution in [0.2, 0.25) is 0 Å². The third kappa shape index (κ3) is 3.05. The molecule has 6 nitrogen and oxygen atoms in total. The van der Waals surface area contributed by atoms with Crippen molar-refractivity contribution in [2.75, 3.05) is 12.0 Å². The van der Waals surface area contributed by atoms with Gasteiger partial charge in [-0.2, -0.15) is 0 Å². The van der Waals surface area contributed by atoms with E-state index in [-0.39, 0.29) is 11.6 Å². The quantitative estimate of drug-likeness (QED) is 0.374. The number of fused-ring (bicyclic) bond motifs is 1. The molecule has 0 saturated carbocycles. The number of sulfone groups is 1. The number of nitrogens with two attached hydrogens (primary N) is 1. The van der Waals surface area contributed by atoms with Crippen molar-refractivity contribution in [3.05, 3.63) is 36.0 Å². The Morgan fingerprint density at radius 1 is 1.42 bits per heavy atom. The zero-order valence-corrected chi connectivity index (χ0v) is 11.3. The van der Waals surface area contributed by atoms with Crippen LogP contribution in [-0.4, -0.2) is 36.0 Å². The van der Waals surface area contributed by atoms with E-state index in [1.807, 2.05) is 22.9 Å². The van der Waals surface area contributed by atoms with E-state index in [0.29, 0.717) is 12.1 Å². The number of aryl methyl sites for hydroxylation is 1. The van der Waals surface area contributed by atoms with Gasteiger partial charge in [-0.25, -0.2) is 8.42 Å². The lowest BCUT2D eigenvalue weighted by Gasteiger charge is -2.06. The second-order valence-electron chi connectivity index (χ2n) is 4.40. The van der Waals surface area contributed by atoms with Crippen molar-refractivity contribution in [1.29, 1.82) is 0 Å². The van der Waals surface area contributed by atoms with Crippen LogP contribution in [0.3, 0.4) is 0 Å². The lowest BCUT2D eigenvalue weighted by molar-refractivity contribution is 0.318. The molecule has 0 unspecified atom stereocenters. The Hall–Kier alpha value is -2.02. The number of rotatable bonds is 4. The fraction of sp³-hybridized carbons (Fsp3) is 0.250. The molecule has 0 bridgehead atoms. The molecule has 0 aliphatic heterocycles. The van der Waals surface area contributed by atoms with E-state index in [1.165, 1.54) is 6.26 Å². The summed E-state index contributed by atoms with van der Waals surface area (Å²) in [5.41, 5.74) is 6.99. The van der Waals surface area contributed by atoms with Gasteiger partial charge >= 0.3 is 0 Å². The van der Waals surface area contributed by atoms with Crippen molar-refractivity contribution in [3.8, 4) is 0 Å². The topological polar surface area (TPSA) is 97.7 Å². The highest BCUT2D eigenvalue weighted by Crippen LogP contribution is 2.18. The predicted molar refractivity (Wildman–Crippen MR) is 74.2 cm³/mol. The number of hydrogen-bond donors (Lipinski definition) is 2. The van der Waals surface area contributed by atoms with Crippen LogP contribution >= 0.6 is 0 Å². The first-order valence-corrected chi connectivity index (χ1v) is 7.71. The normalized spacial score (nSPS) is 13.0. The molecule has 19 heavy (non-hydrogen) atoms. The van der Waals surface area contributed by atoms with E-state index in [4.69, 9.17) is 10.9 Å². The Balaban J connectivity index is 2.40. The van der Waals surface area contributed by atoms with Crippen LogP contribution < -0.4 is 5.73 Å². The molecule has 0 aliphatic carbocycles. The summed E-state index contributed by atoms with van der Waals surface area (Å²) in [7, 11) is -3.01. The summed E-state index contributed by atoms with van der Waals surface area (Å²) >= 11 is 0. The molecule has 1 heterocycles. The Morgan fingerprint density at radius 3 is 2.79 bits per heavy atom. The van der Waals surface area contributed by atoms with Gasteiger partial charge in [0.05, 0.1) is 5.75 Å². The summed E-state index contributed by atoms with van der Waals surface area (Å²) < 4.78 is 24.2. The van der Waals surface area contributed by atoms with E-state index >= 15 is 0 Å². The maximum atomic E-state index is 11.2. The molecule has 3 N–H and O–H groups in total. The number of nitrogens with zero attached hydrogens (tertiary/aromatic N) is 2. The third-order valence-corrected chi connectivity index (χ3v) is 3.80. The molecule has 0 fully saturated rings. The zero-order valence-electron chi connectivity index (χ0n) is 10.4. The largest absolute Gasteiger partial charge is 0.409 e. The minimum absolute atomic E-state index is 0.0257. The van der Waals surface area contributed by atoms with E-state index < -0.39 is 9.84 Å². The van der Waals surface area contributed by atoms with Gasteiger partial charge < -0.3 is 15.5 Å². The van der Waals surface area contributed by atoms with Crippen molar-refractivity contribution >= 4 is 26.6 Å². The smallest absolute Gasteiger partial charge is 0.170 e. The molecule has 102 valence electrons. The maximum absolute atomic E-state index is 11.2. The molecule has 0 saturated heterocycles. The van der Waals surface area contributed by atoms with E-state index in [1.54, 1.807) is 12.1 Å². The van der Waals surface area contributed by atoms with Crippen LogP contribution in [0, 0.1) is 0 Å². The highest BCUT2D eigenvalue weighted by molar-refractivity contribution is 7.90. The van der Waals surface area contributed by atoms with Crippen molar-refractivity contribution in [1.82, 2.24) is 4.57 Å². The predicted octanol–water partition coefficient (Wildman–Crippen LogP) is 0.780. The minimum atomic E-state index is -3.01. The molecular formula is C12H15N3O3S. The van der Waals surface area contributed by atoms with Crippen LogP contribution in [0.5, 0.6) is 0 Å². The van der Waals surface area contributed by atoms with Gasteiger partial charge in [0.15, 0.2) is 5.84 Å². The fourth-order valence-corrected chi connectivity index (χ4v) is 2.39. The molecule has 0 spiro atoms. The molecule has 1 aromatic carbocycles. The Labute approximate surface area is 111 Å². The number of hydrogen-bond acceptors (Lipinski definition) is 4. The van der Waals surface area contributed by atoms with E-state index in [9.17, 15) is 8.42 Å². The maximum Gasteiger partial charge on any atom is 0.170 e. The molecule has 2 rings (SSSR count). The number of oxime groups is 1. The minimum Gasteiger partial charge on any atom is -0.409 e. The van der Waals surface area contributed by atoms with Gasteiger partial charge in [0, 0.05) is 30.1 Å². The molecule has 7 heteroatoms. The van der Waals surface area contributed by atoms with Gasteiger partial charge in [-0.05, 0) is 17.5 Å². The van der Waals surface area contributed by atoms with Gasteiger partial charge in [0.2, 0.25) is 0 Å². The molecule has 2 aromatic rings. The summed E-state index contributed by atoms with van der Waals surface area (Å²) in [6.07, 6.45) is 3.03. The van der Waals surface area contributed by atoms with Crippen LogP contribution in [0.4, 0.5) is 0 Å². The van der Waals surface area contributed by atoms with Gasteiger partial charge in [0.1, 0.15) is 9.84 Å². The highest BCUT2D eigenvalue weighted by Gasteiger charge is 2.07. The standard InChI is InChI=1S/C12H15N3O3S/c1-19(17,18)7-6-15-5-4-9-2-3-10(8-11(9)15)12(13)14-16/h2-5,8,16H,6-7H2,1H3,(H2,13,14). The average molecular weight is 281 g/mol. The van der Waals surface area contributed by atoms with Gasteiger partial charge in [-0.1, -0.05) is 17.3 Å². The van der Waals surface area contributed by atoms with Crippen molar-refractivity contribution in [2.45, 2.75) is 6.54 Å². The number of benzene rings is 1. The second-order valence-corrected chi connectivity index (χ2v) is 6.66. The summed E-state index contributed by atoms with van der Waals surface area (Å²) in [4.78, 5) is 0. The molecule has 1 aromatic heterocycles. The monoisotopic (exact) mass is 281 g/mol. The summed E-state index contributed by atoms with van der Waals surface area (Å²) in [6.45, 7) is 0.377. The summed E-state index contributed by atoms with van der Waals surface area (Å²) in [5, 5.41) is 12.6. The molecule has 0 aliphatic rings. The third-order valence-electron chi connectivity index (χ3n) is 2.88. The molecule has 0 atom stereocenters. The Bertz CT molecular complexity index is 732. The van der Waals surface area contributed by atoms with Crippen LogP contribution in [0.15, 0.2) is 35.6 Å². The molecule has 0 radical (unpaired) electrons. The second kappa shape index (κ2) is 4.93. The summed E-state index contributed by atoms with van der Waals surface area (Å²) in [5.74, 6) is 0.0997. The lowest BCUT2D eigenvalue weighted by Crippen LogP contribution is -2.13. The Kier molecular flexibility index (Phi) is 3.48. The molecule has 0 amide bonds. The van der Waals surface area contributed by atoms with Crippen molar-refractivity contribution < 1.29 is 13.6 Å².